The molecule has 7 heteroatoms. The number of carbonyl (C=O) groups excluding carboxylic acids is 3. The van der Waals surface area contributed by atoms with Gasteiger partial charge < -0.3 is 20.1 Å². The fourth-order valence-electron chi connectivity index (χ4n) is 3.24. The molecule has 2 aromatic carbocycles. The van der Waals surface area contributed by atoms with Crippen molar-refractivity contribution in [3.8, 4) is 0 Å². The Kier molecular flexibility index (Phi) is 10.8. The Labute approximate surface area is 201 Å². The Morgan fingerprint density at radius 2 is 1.59 bits per heavy atom. The Balaban J connectivity index is 1.83. The Bertz CT molecular complexity index is 929. The van der Waals surface area contributed by atoms with E-state index in [0.717, 1.165) is 11.1 Å². The van der Waals surface area contributed by atoms with E-state index in [0.29, 0.717) is 19.3 Å². The topological polar surface area (TPSA) is 93.7 Å². The largest absolute Gasteiger partial charge is 0.460 e. The number of rotatable bonds is 13. The molecular weight excluding hydrogens is 432 g/mol. The number of hydrogen-bond acceptors (Lipinski definition) is 5. The lowest BCUT2D eigenvalue weighted by Crippen LogP contribution is -2.46. The normalized spacial score (nSPS) is 11.7. The van der Waals surface area contributed by atoms with Crippen LogP contribution in [0.15, 0.2) is 73.3 Å². The third kappa shape index (κ3) is 10.3. The van der Waals surface area contributed by atoms with E-state index in [1.54, 1.807) is 0 Å². The van der Waals surface area contributed by atoms with Crippen LogP contribution in [0.5, 0.6) is 0 Å². The molecule has 182 valence electrons. The van der Waals surface area contributed by atoms with Crippen LogP contribution in [0.2, 0.25) is 0 Å². The molecule has 0 saturated carbocycles. The molecule has 1 atom stereocenters. The van der Waals surface area contributed by atoms with Crippen LogP contribution < -0.4 is 10.6 Å². The highest BCUT2D eigenvalue weighted by atomic mass is 16.5. The number of benzene rings is 2. The summed E-state index contributed by atoms with van der Waals surface area (Å²) in [6.45, 7) is 7.42. The van der Waals surface area contributed by atoms with Gasteiger partial charge in [-0.15, -0.1) is 0 Å². The molecule has 0 fully saturated rings. The number of nitrogens with one attached hydrogen (secondary N) is 2. The lowest BCUT2D eigenvalue weighted by atomic mass is 9.98. The van der Waals surface area contributed by atoms with Gasteiger partial charge in [0.05, 0.1) is 0 Å². The van der Waals surface area contributed by atoms with Crippen molar-refractivity contribution in [3.63, 3.8) is 0 Å². The molecule has 2 amide bonds. The molecule has 2 N–H and O–H groups in total. The van der Waals surface area contributed by atoms with Crippen LogP contribution in [0, 0.1) is 0 Å². The molecule has 0 heterocycles. The van der Waals surface area contributed by atoms with Crippen molar-refractivity contribution >= 4 is 18.0 Å². The average Bonchev–Trinajstić information content (AvgIpc) is 2.83. The predicted molar refractivity (Wildman–Crippen MR) is 131 cm³/mol. The smallest absolute Gasteiger partial charge is 0.407 e. The van der Waals surface area contributed by atoms with Crippen molar-refractivity contribution in [1.82, 2.24) is 10.6 Å². The van der Waals surface area contributed by atoms with Gasteiger partial charge in [-0.25, -0.2) is 9.59 Å². The van der Waals surface area contributed by atoms with Crippen molar-refractivity contribution in [2.45, 2.75) is 57.7 Å². The van der Waals surface area contributed by atoms with E-state index in [-0.39, 0.29) is 25.5 Å². The number of ether oxygens (including phenoxy) is 2. The van der Waals surface area contributed by atoms with E-state index in [2.05, 4.69) is 17.2 Å². The Hall–Kier alpha value is -3.61. The number of alkyl carbamates (subject to hydrolysis) is 1. The lowest BCUT2D eigenvalue weighted by molar-refractivity contribution is -0.147. The van der Waals surface area contributed by atoms with E-state index in [1.165, 1.54) is 6.08 Å². The van der Waals surface area contributed by atoms with Crippen molar-refractivity contribution in [3.05, 3.63) is 84.4 Å². The highest BCUT2D eigenvalue weighted by molar-refractivity contribution is 5.84. The zero-order valence-corrected chi connectivity index (χ0v) is 19.9. The standard InChI is InChI=1S/C27H34N2O5/c1-4-19-33-25(31)23(16-15-21-11-7-5-8-12-21)28-24(30)17-18-27(2,3)29-26(32)34-20-22-13-9-6-10-14-22/h4-14,23H,1,15-20H2,2-3H3,(H,28,30)(H,29,32). The molecule has 2 rings (SSSR count). The minimum atomic E-state index is -0.764. The fourth-order valence-corrected chi connectivity index (χ4v) is 3.24. The van der Waals surface area contributed by atoms with Gasteiger partial charge in [0.15, 0.2) is 0 Å². The Morgan fingerprint density at radius 1 is 0.971 bits per heavy atom. The SMILES string of the molecule is C=CCOC(=O)C(CCc1ccccc1)NC(=O)CCC(C)(C)NC(=O)OCc1ccccc1. The van der Waals surface area contributed by atoms with Crippen molar-refractivity contribution in [2.24, 2.45) is 0 Å². The molecule has 0 radical (unpaired) electrons. The van der Waals surface area contributed by atoms with Gasteiger partial charge in [0, 0.05) is 12.0 Å². The highest BCUT2D eigenvalue weighted by Gasteiger charge is 2.25. The monoisotopic (exact) mass is 466 g/mol. The molecule has 0 spiro atoms. The van der Waals surface area contributed by atoms with Crippen LogP contribution in [0.4, 0.5) is 4.79 Å². The zero-order valence-electron chi connectivity index (χ0n) is 19.9. The Morgan fingerprint density at radius 3 is 2.21 bits per heavy atom. The molecule has 7 nitrogen and oxygen atoms in total. The summed E-state index contributed by atoms with van der Waals surface area (Å²) in [5, 5.41) is 5.57. The van der Waals surface area contributed by atoms with Crippen molar-refractivity contribution in [1.29, 1.82) is 0 Å². The van der Waals surface area contributed by atoms with Gasteiger partial charge in [0.2, 0.25) is 5.91 Å². The summed E-state index contributed by atoms with van der Waals surface area (Å²) >= 11 is 0. The molecule has 2 aromatic rings. The lowest BCUT2D eigenvalue weighted by Gasteiger charge is -2.26. The number of hydrogen-bond donors (Lipinski definition) is 2. The molecule has 0 aliphatic heterocycles. The van der Waals surface area contributed by atoms with E-state index in [4.69, 9.17) is 9.47 Å². The summed E-state index contributed by atoms with van der Waals surface area (Å²) in [5.74, 6) is -0.785. The van der Waals surface area contributed by atoms with Gasteiger partial charge in [-0.1, -0.05) is 73.3 Å². The summed E-state index contributed by atoms with van der Waals surface area (Å²) < 4.78 is 10.4. The number of aryl methyl sites for hydroxylation is 1. The summed E-state index contributed by atoms with van der Waals surface area (Å²) in [7, 11) is 0. The third-order valence-corrected chi connectivity index (χ3v) is 5.16. The number of esters is 1. The maximum absolute atomic E-state index is 12.6. The minimum Gasteiger partial charge on any atom is -0.460 e. The first kappa shape index (κ1) is 26.6. The van der Waals surface area contributed by atoms with E-state index in [1.807, 2.05) is 74.5 Å². The van der Waals surface area contributed by atoms with Crippen LogP contribution in [-0.2, 0) is 32.1 Å². The third-order valence-electron chi connectivity index (χ3n) is 5.16. The van der Waals surface area contributed by atoms with Gasteiger partial charge in [0.1, 0.15) is 19.3 Å². The van der Waals surface area contributed by atoms with Gasteiger partial charge in [0.25, 0.3) is 0 Å². The minimum absolute atomic E-state index is 0.0819. The van der Waals surface area contributed by atoms with Crippen molar-refractivity contribution < 1.29 is 23.9 Å². The number of carbonyl (C=O) groups is 3. The molecule has 1 unspecified atom stereocenters. The molecule has 0 aliphatic rings. The van der Waals surface area contributed by atoms with Gasteiger partial charge in [-0.2, -0.15) is 0 Å². The van der Waals surface area contributed by atoms with E-state index in [9.17, 15) is 14.4 Å². The summed E-state index contributed by atoms with van der Waals surface area (Å²) in [6, 6.07) is 18.3. The molecule has 0 aromatic heterocycles. The molecule has 34 heavy (non-hydrogen) atoms. The van der Waals surface area contributed by atoms with E-state index >= 15 is 0 Å². The number of amides is 2. The van der Waals surface area contributed by atoms with Crippen LogP contribution in [0.3, 0.4) is 0 Å². The molecular formula is C27H34N2O5. The van der Waals surface area contributed by atoms with Crippen LogP contribution in [0.1, 0.15) is 44.2 Å². The molecule has 0 aliphatic carbocycles. The first-order valence-corrected chi connectivity index (χ1v) is 11.4. The van der Waals surface area contributed by atoms with Gasteiger partial charge in [-0.3, -0.25) is 4.79 Å². The van der Waals surface area contributed by atoms with Crippen LogP contribution >= 0.6 is 0 Å². The second kappa shape index (κ2) is 13.8. The second-order valence-corrected chi connectivity index (χ2v) is 8.63. The van der Waals surface area contributed by atoms with Crippen LogP contribution in [0.25, 0.3) is 0 Å². The predicted octanol–water partition coefficient (Wildman–Crippen LogP) is 4.32. The molecule has 0 bridgehead atoms. The summed E-state index contributed by atoms with van der Waals surface area (Å²) in [4.78, 5) is 37.2. The van der Waals surface area contributed by atoms with Gasteiger partial charge >= 0.3 is 12.1 Å². The van der Waals surface area contributed by atoms with Gasteiger partial charge in [-0.05, 0) is 44.2 Å². The molecule has 0 saturated heterocycles. The first-order valence-electron chi connectivity index (χ1n) is 11.4. The fraction of sp³-hybridized carbons (Fsp3) is 0.370. The zero-order chi connectivity index (χ0) is 24.8. The van der Waals surface area contributed by atoms with Crippen LogP contribution in [-0.4, -0.2) is 36.2 Å². The maximum atomic E-state index is 12.6. The highest BCUT2D eigenvalue weighted by Crippen LogP contribution is 2.13. The summed E-state index contributed by atoms with van der Waals surface area (Å²) in [5.41, 5.74) is 1.28. The average molecular weight is 467 g/mol. The van der Waals surface area contributed by atoms with Crippen molar-refractivity contribution in [2.75, 3.05) is 6.61 Å². The first-order chi connectivity index (χ1) is 16.3. The maximum Gasteiger partial charge on any atom is 0.407 e. The quantitative estimate of drug-likeness (QED) is 0.339. The second-order valence-electron chi connectivity index (χ2n) is 8.63. The van der Waals surface area contributed by atoms with E-state index < -0.39 is 23.6 Å². The summed E-state index contributed by atoms with van der Waals surface area (Å²) in [6.07, 6.45) is 2.46.